The van der Waals surface area contributed by atoms with Crippen LogP contribution in [0.25, 0.3) is 0 Å². The molecule has 2 heterocycles. The van der Waals surface area contributed by atoms with Crippen LogP contribution < -0.4 is 10.6 Å². The summed E-state index contributed by atoms with van der Waals surface area (Å²) in [5.41, 5.74) is 3.53. The predicted molar refractivity (Wildman–Crippen MR) is 87.3 cm³/mol. The minimum absolute atomic E-state index is 0.590. The van der Waals surface area contributed by atoms with Crippen molar-refractivity contribution in [3.63, 3.8) is 0 Å². The molecule has 22 heavy (non-hydrogen) atoms. The molecule has 0 aliphatic carbocycles. The first kappa shape index (κ1) is 14.1. The van der Waals surface area contributed by atoms with Gasteiger partial charge in [0.05, 0.1) is 12.8 Å². The van der Waals surface area contributed by atoms with Crippen LogP contribution in [-0.4, -0.2) is 9.97 Å². The zero-order valence-electron chi connectivity index (χ0n) is 12.6. The molecule has 0 aliphatic rings. The van der Waals surface area contributed by atoms with Gasteiger partial charge in [0.1, 0.15) is 23.7 Å². The van der Waals surface area contributed by atoms with Gasteiger partial charge >= 0.3 is 0 Å². The van der Waals surface area contributed by atoms with Crippen LogP contribution in [0.5, 0.6) is 0 Å². The molecular weight excluding hydrogens is 276 g/mol. The Labute approximate surface area is 129 Å². The maximum atomic E-state index is 5.28. The molecule has 2 aromatic heterocycles. The lowest BCUT2D eigenvalue weighted by Gasteiger charge is -2.09. The van der Waals surface area contributed by atoms with Gasteiger partial charge in [-0.25, -0.2) is 9.97 Å². The molecule has 2 N–H and O–H groups in total. The van der Waals surface area contributed by atoms with Gasteiger partial charge in [-0.3, -0.25) is 0 Å². The fraction of sp³-hybridized carbons (Fsp3) is 0.176. The average Bonchev–Trinajstić information content (AvgIpc) is 3.03. The number of nitrogens with zero attached hydrogens (tertiary/aromatic N) is 2. The number of rotatable bonds is 5. The van der Waals surface area contributed by atoms with Crippen molar-refractivity contribution in [3.05, 3.63) is 65.9 Å². The van der Waals surface area contributed by atoms with E-state index in [-0.39, 0.29) is 0 Å². The van der Waals surface area contributed by atoms with Crippen LogP contribution in [0.1, 0.15) is 16.9 Å². The van der Waals surface area contributed by atoms with Crippen molar-refractivity contribution in [1.29, 1.82) is 0 Å². The Morgan fingerprint density at radius 1 is 1.00 bits per heavy atom. The topological polar surface area (TPSA) is 63.0 Å². The molecule has 0 aliphatic heterocycles. The maximum absolute atomic E-state index is 5.28. The van der Waals surface area contributed by atoms with Crippen LogP contribution in [0.4, 0.5) is 17.3 Å². The Kier molecular flexibility index (Phi) is 4.05. The summed E-state index contributed by atoms with van der Waals surface area (Å²) >= 11 is 0. The van der Waals surface area contributed by atoms with Crippen LogP contribution in [0.15, 0.2) is 53.4 Å². The maximum Gasteiger partial charge on any atom is 0.135 e. The number of furan rings is 1. The molecule has 0 saturated carbocycles. The predicted octanol–water partition coefficient (Wildman–Crippen LogP) is 4.04. The quantitative estimate of drug-likeness (QED) is 0.743. The molecule has 0 atom stereocenters. The lowest BCUT2D eigenvalue weighted by atomic mass is 10.1. The molecule has 112 valence electrons. The van der Waals surface area contributed by atoms with Gasteiger partial charge < -0.3 is 15.1 Å². The molecule has 3 rings (SSSR count). The van der Waals surface area contributed by atoms with Crippen LogP contribution in [0.3, 0.4) is 0 Å². The molecule has 0 amide bonds. The highest BCUT2D eigenvalue weighted by Crippen LogP contribution is 2.19. The lowest BCUT2D eigenvalue weighted by molar-refractivity contribution is 0.518. The van der Waals surface area contributed by atoms with Gasteiger partial charge in [-0.2, -0.15) is 0 Å². The smallest absolute Gasteiger partial charge is 0.135 e. The Balaban J connectivity index is 1.69. The van der Waals surface area contributed by atoms with E-state index in [2.05, 4.69) is 46.6 Å². The second kappa shape index (κ2) is 6.30. The van der Waals surface area contributed by atoms with Crippen molar-refractivity contribution in [1.82, 2.24) is 9.97 Å². The highest BCUT2D eigenvalue weighted by atomic mass is 16.3. The van der Waals surface area contributed by atoms with Gasteiger partial charge in [0.2, 0.25) is 0 Å². The number of hydrogen-bond donors (Lipinski definition) is 2. The van der Waals surface area contributed by atoms with Crippen molar-refractivity contribution in [2.24, 2.45) is 0 Å². The van der Waals surface area contributed by atoms with Gasteiger partial charge in [0, 0.05) is 11.8 Å². The summed E-state index contributed by atoms with van der Waals surface area (Å²) in [6, 6.07) is 11.9. The third kappa shape index (κ3) is 3.44. The van der Waals surface area contributed by atoms with E-state index < -0.39 is 0 Å². The molecule has 0 saturated heterocycles. The summed E-state index contributed by atoms with van der Waals surface area (Å²) in [5.74, 6) is 2.36. The van der Waals surface area contributed by atoms with Crippen LogP contribution in [-0.2, 0) is 6.54 Å². The van der Waals surface area contributed by atoms with Gasteiger partial charge in [0.15, 0.2) is 0 Å². The molecule has 0 bridgehead atoms. The molecule has 0 fully saturated rings. The summed E-state index contributed by atoms with van der Waals surface area (Å²) in [6.07, 6.45) is 3.19. The van der Waals surface area contributed by atoms with Gasteiger partial charge in [-0.05, 0) is 49.2 Å². The number of nitrogens with one attached hydrogen (secondary N) is 2. The summed E-state index contributed by atoms with van der Waals surface area (Å²) in [5, 5.41) is 6.50. The van der Waals surface area contributed by atoms with Crippen molar-refractivity contribution in [2.45, 2.75) is 20.4 Å². The number of aryl methyl sites for hydroxylation is 2. The Bertz CT molecular complexity index is 753. The fourth-order valence-corrected chi connectivity index (χ4v) is 2.08. The third-order valence-electron chi connectivity index (χ3n) is 3.47. The van der Waals surface area contributed by atoms with E-state index in [1.165, 1.54) is 17.5 Å². The zero-order chi connectivity index (χ0) is 15.4. The molecule has 5 nitrogen and oxygen atoms in total. The molecule has 5 heteroatoms. The standard InChI is InChI=1S/C17H18N4O/c1-12-5-6-14(8-13(12)2)21-17-9-16(19-11-20-17)18-10-15-4-3-7-22-15/h3-9,11H,10H2,1-2H3,(H2,18,19,20,21). The van der Waals surface area contributed by atoms with E-state index in [9.17, 15) is 0 Å². The van der Waals surface area contributed by atoms with E-state index in [0.29, 0.717) is 6.54 Å². The summed E-state index contributed by atoms with van der Waals surface area (Å²) in [4.78, 5) is 8.45. The molecule has 0 spiro atoms. The van der Waals surface area contributed by atoms with Gasteiger partial charge in [0.25, 0.3) is 0 Å². The molecular formula is C17H18N4O. The first-order chi connectivity index (χ1) is 10.7. The highest BCUT2D eigenvalue weighted by Gasteiger charge is 2.02. The van der Waals surface area contributed by atoms with Crippen LogP contribution >= 0.6 is 0 Å². The molecule has 3 aromatic rings. The second-order valence-corrected chi connectivity index (χ2v) is 5.15. The highest BCUT2D eigenvalue weighted by molar-refractivity contribution is 5.60. The van der Waals surface area contributed by atoms with E-state index in [0.717, 1.165) is 23.1 Å². The van der Waals surface area contributed by atoms with E-state index in [1.54, 1.807) is 6.26 Å². The van der Waals surface area contributed by atoms with Crippen LogP contribution in [0, 0.1) is 13.8 Å². The van der Waals surface area contributed by atoms with Crippen molar-refractivity contribution >= 4 is 17.3 Å². The van der Waals surface area contributed by atoms with Gasteiger partial charge in [-0.15, -0.1) is 0 Å². The number of hydrogen-bond acceptors (Lipinski definition) is 5. The summed E-state index contributed by atoms with van der Waals surface area (Å²) in [6.45, 7) is 4.78. The Hall–Kier alpha value is -2.82. The Morgan fingerprint density at radius 2 is 1.86 bits per heavy atom. The normalized spacial score (nSPS) is 10.5. The second-order valence-electron chi connectivity index (χ2n) is 5.15. The Morgan fingerprint density at radius 3 is 2.64 bits per heavy atom. The monoisotopic (exact) mass is 294 g/mol. The minimum atomic E-state index is 0.590. The number of aromatic nitrogens is 2. The van der Waals surface area contributed by atoms with Crippen molar-refractivity contribution in [2.75, 3.05) is 10.6 Å². The first-order valence-corrected chi connectivity index (χ1v) is 7.13. The van der Waals surface area contributed by atoms with Crippen molar-refractivity contribution in [3.8, 4) is 0 Å². The average molecular weight is 294 g/mol. The molecule has 0 radical (unpaired) electrons. The van der Waals surface area contributed by atoms with Gasteiger partial charge in [-0.1, -0.05) is 6.07 Å². The first-order valence-electron chi connectivity index (χ1n) is 7.13. The summed E-state index contributed by atoms with van der Waals surface area (Å²) < 4.78 is 5.28. The van der Waals surface area contributed by atoms with E-state index >= 15 is 0 Å². The largest absolute Gasteiger partial charge is 0.467 e. The zero-order valence-corrected chi connectivity index (χ0v) is 12.6. The molecule has 1 aromatic carbocycles. The van der Waals surface area contributed by atoms with Crippen LogP contribution in [0.2, 0.25) is 0 Å². The minimum Gasteiger partial charge on any atom is -0.467 e. The van der Waals surface area contributed by atoms with E-state index in [4.69, 9.17) is 4.42 Å². The lowest BCUT2D eigenvalue weighted by Crippen LogP contribution is -2.02. The van der Waals surface area contributed by atoms with E-state index in [1.807, 2.05) is 24.3 Å². The number of benzene rings is 1. The SMILES string of the molecule is Cc1ccc(Nc2cc(NCc3ccco3)ncn2)cc1C. The third-order valence-corrected chi connectivity index (χ3v) is 3.47. The number of anilines is 3. The van der Waals surface area contributed by atoms with Crippen molar-refractivity contribution < 1.29 is 4.42 Å². The summed E-state index contributed by atoms with van der Waals surface area (Å²) in [7, 11) is 0. The fourth-order valence-electron chi connectivity index (χ4n) is 2.08. The molecule has 0 unspecified atom stereocenters.